The fourth-order valence-corrected chi connectivity index (χ4v) is 7.69. The molecular formula is C23H31F3N4O5S. The molecule has 3 heterocycles. The lowest BCUT2D eigenvalue weighted by Gasteiger charge is -2.47. The molecule has 4 aliphatic rings. The predicted octanol–water partition coefficient (Wildman–Crippen LogP) is 0.885. The number of aliphatic carboxylic acids is 1. The summed E-state index contributed by atoms with van der Waals surface area (Å²) in [6.45, 7) is 3.07. The fraction of sp³-hybridized carbons (Fsp3) is 0.739. The van der Waals surface area contributed by atoms with Gasteiger partial charge in [0.05, 0.1) is 24.7 Å². The van der Waals surface area contributed by atoms with Crippen molar-refractivity contribution in [1.29, 1.82) is 0 Å². The molecule has 9 nitrogen and oxygen atoms in total. The number of hydrogen-bond donors (Lipinski definition) is 4. The quantitative estimate of drug-likeness (QED) is 0.321. The highest BCUT2D eigenvalue weighted by Crippen LogP contribution is 2.52. The van der Waals surface area contributed by atoms with Gasteiger partial charge in [0.1, 0.15) is 5.70 Å². The van der Waals surface area contributed by atoms with Crippen LogP contribution in [0.15, 0.2) is 10.6 Å². The molecule has 2 saturated heterocycles. The van der Waals surface area contributed by atoms with Gasteiger partial charge >= 0.3 is 12.4 Å². The molecule has 0 aromatic rings. The number of β-lactam (4-membered cyclic amide) rings is 1. The van der Waals surface area contributed by atoms with E-state index in [1.165, 1.54) is 23.6 Å². The van der Waals surface area contributed by atoms with Crippen LogP contribution in [0.1, 0.15) is 33.1 Å². The number of hydrogen-bond acceptors (Lipinski definition) is 7. The molecular weight excluding hydrogens is 501 g/mol. The lowest BCUT2D eigenvalue weighted by atomic mass is 9.78. The van der Waals surface area contributed by atoms with Crippen molar-refractivity contribution in [3.8, 4) is 0 Å². The Kier molecular flexibility index (Phi) is 7.73. The smallest absolute Gasteiger partial charge is 0.353 e. The first-order chi connectivity index (χ1) is 17.0. The van der Waals surface area contributed by atoms with Crippen LogP contribution < -0.4 is 16.4 Å². The number of nitrogens with zero attached hydrogens (tertiary/aromatic N) is 1. The van der Waals surface area contributed by atoms with Crippen LogP contribution in [-0.4, -0.2) is 82.6 Å². The maximum atomic E-state index is 13.4. The third-order valence-corrected chi connectivity index (χ3v) is 9.43. The highest BCUT2D eigenvalue weighted by molar-refractivity contribution is 8.03. The van der Waals surface area contributed by atoms with E-state index in [1.54, 1.807) is 6.92 Å². The Morgan fingerprint density at radius 1 is 1.28 bits per heavy atom. The molecule has 36 heavy (non-hydrogen) atoms. The number of amides is 2. The first kappa shape index (κ1) is 26.9. The Bertz CT molecular complexity index is 981. The van der Waals surface area contributed by atoms with Crippen LogP contribution in [-0.2, 0) is 19.2 Å². The molecule has 0 spiro atoms. The van der Waals surface area contributed by atoms with E-state index in [2.05, 4.69) is 10.6 Å². The summed E-state index contributed by atoms with van der Waals surface area (Å²) < 4.78 is 38.7. The summed E-state index contributed by atoms with van der Waals surface area (Å²) in [6.07, 6.45) is -1.85. The first-order valence-electron chi connectivity index (χ1n) is 12.1. The Morgan fingerprint density at radius 2 is 1.97 bits per heavy atom. The van der Waals surface area contributed by atoms with Crippen molar-refractivity contribution < 1.29 is 37.5 Å². The number of alkyl halides is 3. The lowest BCUT2D eigenvalue weighted by Crippen LogP contribution is -2.66. The number of halogens is 3. The van der Waals surface area contributed by atoms with Crippen LogP contribution in [0.4, 0.5) is 13.2 Å². The fourth-order valence-electron chi connectivity index (χ4n) is 6.21. The zero-order valence-corrected chi connectivity index (χ0v) is 20.8. The lowest BCUT2D eigenvalue weighted by molar-refractivity contribution is -0.159. The van der Waals surface area contributed by atoms with Gasteiger partial charge in [-0.1, -0.05) is 6.92 Å². The zero-order valence-electron chi connectivity index (χ0n) is 20.0. The van der Waals surface area contributed by atoms with Gasteiger partial charge in [0.15, 0.2) is 5.78 Å². The number of carboxylic acid groups (broad SMARTS) is 1. The van der Waals surface area contributed by atoms with E-state index in [4.69, 9.17) is 5.73 Å². The van der Waals surface area contributed by atoms with E-state index in [-0.39, 0.29) is 28.7 Å². The van der Waals surface area contributed by atoms with Gasteiger partial charge in [0, 0.05) is 40.6 Å². The van der Waals surface area contributed by atoms with Gasteiger partial charge in [0.25, 0.3) is 5.91 Å². The van der Waals surface area contributed by atoms with Crippen LogP contribution in [0.3, 0.4) is 0 Å². The Morgan fingerprint density at radius 3 is 2.58 bits per heavy atom. The van der Waals surface area contributed by atoms with Crippen molar-refractivity contribution in [2.75, 3.05) is 13.2 Å². The SMILES string of the molecule is C[C@@H](NC(=O)C(F)F)[C@H]1C(=O)N2C(C(=O)O)=C(S[C@@H]3CN[C@H](C(=O)C4C[C@@H](N)C[C@H]4CF)C3)[C@H](C)[C@@H]12. The molecule has 5 N–H and O–H groups in total. The predicted molar refractivity (Wildman–Crippen MR) is 125 cm³/mol. The average molecular weight is 533 g/mol. The molecule has 9 atom stereocenters. The molecule has 0 bridgehead atoms. The molecule has 4 rings (SSSR count). The van der Waals surface area contributed by atoms with Gasteiger partial charge in [-0.25, -0.2) is 4.79 Å². The molecule has 0 aromatic heterocycles. The normalized spacial score (nSPS) is 36.8. The van der Waals surface area contributed by atoms with E-state index < -0.39 is 66.8 Å². The van der Waals surface area contributed by atoms with Crippen LogP contribution in [0.5, 0.6) is 0 Å². The molecule has 1 saturated carbocycles. The third kappa shape index (κ3) is 4.65. The molecule has 3 fully saturated rings. The molecule has 1 unspecified atom stereocenters. The first-order valence-corrected chi connectivity index (χ1v) is 13.0. The average Bonchev–Trinajstić information content (AvgIpc) is 3.49. The zero-order chi connectivity index (χ0) is 26.5. The standard InChI is InChI=1S/C23H31F3N4O5S/c1-8-16-15(9(2)29-21(32)20(25)26)22(33)30(16)17(23(34)35)19(8)36-12-5-14(28-7-12)18(31)13-4-11(27)3-10(13)6-24/h8-16,20,28H,3-7,27H2,1-2H3,(H,29,32)(H,34,35)/t8-,9-,10+,11+,12+,13?,14+,15-,16+/m1/s1. The minimum Gasteiger partial charge on any atom is -0.477 e. The van der Waals surface area contributed by atoms with Crippen molar-refractivity contribution >= 4 is 35.3 Å². The summed E-state index contributed by atoms with van der Waals surface area (Å²) in [5.74, 6) is -5.38. The number of rotatable bonds is 9. The van der Waals surface area contributed by atoms with Crippen LogP contribution in [0.25, 0.3) is 0 Å². The van der Waals surface area contributed by atoms with Crippen LogP contribution in [0.2, 0.25) is 0 Å². The van der Waals surface area contributed by atoms with Crippen molar-refractivity contribution in [2.45, 2.75) is 69.0 Å². The van der Waals surface area contributed by atoms with E-state index >= 15 is 0 Å². The van der Waals surface area contributed by atoms with E-state index in [1.807, 2.05) is 0 Å². The van der Waals surface area contributed by atoms with Gasteiger partial charge in [-0.15, -0.1) is 11.8 Å². The second-order valence-corrected chi connectivity index (χ2v) is 11.6. The summed E-state index contributed by atoms with van der Waals surface area (Å²) in [5, 5.41) is 15.0. The second kappa shape index (κ2) is 10.3. The summed E-state index contributed by atoms with van der Waals surface area (Å²) in [5.41, 5.74) is 5.80. The highest BCUT2D eigenvalue weighted by atomic mass is 32.2. The van der Waals surface area contributed by atoms with Crippen molar-refractivity contribution in [3.05, 3.63) is 10.6 Å². The van der Waals surface area contributed by atoms with E-state index in [9.17, 15) is 37.5 Å². The Hall–Kier alpha value is -2.12. The minimum absolute atomic E-state index is 0.0664. The Labute approximate surface area is 210 Å². The van der Waals surface area contributed by atoms with Crippen molar-refractivity contribution in [2.24, 2.45) is 29.4 Å². The molecule has 0 radical (unpaired) electrons. The van der Waals surface area contributed by atoms with E-state index in [0.717, 1.165) is 0 Å². The monoisotopic (exact) mass is 532 g/mol. The number of carbonyl (C=O) groups is 4. The number of fused-ring (bicyclic) bond motifs is 1. The topological polar surface area (TPSA) is 142 Å². The highest BCUT2D eigenvalue weighted by Gasteiger charge is 2.60. The maximum absolute atomic E-state index is 13.4. The largest absolute Gasteiger partial charge is 0.477 e. The Balaban J connectivity index is 1.44. The molecule has 0 aromatic carbocycles. The van der Waals surface area contributed by atoms with Gasteiger partial charge in [-0.2, -0.15) is 8.78 Å². The number of thioether (sulfide) groups is 1. The van der Waals surface area contributed by atoms with Crippen LogP contribution in [0, 0.1) is 23.7 Å². The summed E-state index contributed by atoms with van der Waals surface area (Å²) >= 11 is 1.30. The number of carboxylic acids is 1. The number of nitrogens with one attached hydrogen (secondary N) is 2. The number of Topliss-reactive ketones (excluding diaryl/α,β-unsaturated/α-hetero) is 1. The second-order valence-electron chi connectivity index (χ2n) is 10.2. The van der Waals surface area contributed by atoms with Crippen LogP contribution >= 0.6 is 11.8 Å². The summed E-state index contributed by atoms with van der Waals surface area (Å²) in [7, 11) is 0. The van der Waals surface area contributed by atoms with Crippen molar-refractivity contribution in [1.82, 2.24) is 15.5 Å². The van der Waals surface area contributed by atoms with Crippen molar-refractivity contribution in [3.63, 3.8) is 0 Å². The number of nitrogens with two attached hydrogens (primary N) is 1. The van der Waals surface area contributed by atoms with Gasteiger partial charge in [-0.3, -0.25) is 18.8 Å². The molecule has 1 aliphatic carbocycles. The maximum Gasteiger partial charge on any atom is 0.353 e. The molecule has 3 aliphatic heterocycles. The van der Waals surface area contributed by atoms with Gasteiger partial charge < -0.3 is 26.4 Å². The number of ketones is 1. The molecule has 2 amide bonds. The molecule has 13 heteroatoms. The van der Waals surface area contributed by atoms with E-state index in [0.29, 0.717) is 30.7 Å². The molecule has 200 valence electrons. The summed E-state index contributed by atoms with van der Waals surface area (Å²) in [4.78, 5) is 51.1. The third-order valence-electron chi connectivity index (χ3n) is 7.92. The van der Waals surface area contributed by atoms with Gasteiger partial charge in [0.2, 0.25) is 5.91 Å². The summed E-state index contributed by atoms with van der Waals surface area (Å²) in [6, 6.07) is -2.14. The minimum atomic E-state index is -3.22. The van der Waals surface area contributed by atoms with Gasteiger partial charge in [-0.05, 0) is 32.1 Å². The number of carbonyl (C=O) groups excluding carboxylic acids is 3.